The van der Waals surface area contributed by atoms with Crippen molar-refractivity contribution in [3.63, 3.8) is 0 Å². The van der Waals surface area contributed by atoms with Crippen LogP contribution >= 0.6 is 11.3 Å². The molecule has 1 unspecified atom stereocenters. The van der Waals surface area contributed by atoms with Crippen molar-refractivity contribution in [3.05, 3.63) is 16.6 Å². The van der Waals surface area contributed by atoms with Crippen molar-refractivity contribution in [3.8, 4) is 0 Å². The minimum Gasteiger partial charge on any atom is -0.316 e. The largest absolute Gasteiger partial charge is 0.316 e. The third kappa shape index (κ3) is 3.85. The molecule has 1 fully saturated rings. The second-order valence-corrected chi connectivity index (χ2v) is 5.42. The fourth-order valence-corrected chi connectivity index (χ4v) is 2.92. The number of aromatic nitrogens is 1. The van der Waals surface area contributed by atoms with Gasteiger partial charge in [0, 0.05) is 24.9 Å². The van der Waals surface area contributed by atoms with Gasteiger partial charge in [-0.1, -0.05) is 0 Å². The SMILES string of the molecule is CN1CCCC(CNCCc2cscn2)C1. The molecule has 1 aromatic rings. The summed E-state index contributed by atoms with van der Waals surface area (Å²) in [6.07, 6.45) is 3.80. The smallest absolute Gasteiger partial charge is 0.0794 e. The number of thiazole rings is 1. The molecule has 2 heterocycles. The van der Waals surface area contributed by atoms with Crippen LogP contribution in [0.25, 0.3) is 0 Å². The van der Waals surface area contributed by atoms with Gasteiger partial charge >= 0.3 is 0 Å². The number of nitrogens with zero attached hydrogens (tertiary/aromatic N) is 2. The first kappa shape index (κ1) is 12.0. The Morgan fingerprint density at radius 3 is 3.31 bits per heavy atom. The monoisotopic (exact) mass is 239 g/mol. The normalized spacial score (nSPS) is 22.4. The first-order valence-corrected chi connectivity index (χ1v) is 7.05. The molecule has 1 aliphatic rings. The Labute approximate surface area is 102 Å². The zero-order chi connectivity index (χ0) is 11.2. The summed E-state index contributed by atoms with van der Waals surface area (Å²) in [7, 11) is 2.22. The minimum absolute atomic E-state index is 0.842. The van der Waals surface area contributed by atoms with Crippen molar-refractivity contribution in [2.45, 2.75) is 19.3 Å². The van der Waals surface area contributed by atoms with E-state index in [-0.39, 0.29) is 0 Å². The van der Waals surface area contributed by atoms with E-state index in [1.54, 1.807) is 11.3 Å². The van der Waals surface area contributed by atoms with Crippen LogP contribution in [0, 0.1) is 5.92 Å². The highest BCUT2D eigenvalue weighted by Gasteiger charge is 2.16. The Morgan fingerprint density at radius 2 is 2.56 bits per heavy atom. The maximum atomic E-state index is 4.28. The topological polar surface area (TPSA) is 28.2 Å². The van der Waals surface area contributed by atoms with Crippen molar-refractivity contribution in [2.75, 3.05) is 33.2 Å². The number of piperidine rings is 1. The van der Waals surface area contributed by atoms with Gasteiger partial charge in [0.1, 0.15) is 0 Å². The van der Waals surface area contributed by atoms with Crippen LogP contribution in [-0.4, -0.2) is 43.1 Å². The van der Waals surface area contributed by atoms with Crippen molar-refractivity contribution < 1.29 is 0 Å². The van der Waals surface area contributed by atoms with E-state index < -0.39 is 0 Å². The van der Waals surface area contributed by atoms with Gasteiger partial charge < -0.3 is 10.2 Å². The summed E-state index contributed by atoms with van der Waals surface area (Å²) in [4.78, 5) is 6.72. The molecule has 0 saturated carbocycles. The third-order valence-electron chi connectivity index (χ3n) is 3.20. The van der Waals surface area contributed by atoms with Gasteiger partial charge in [-0.25, -0.2) is 4.98 Å². The molecule has 1 aromatic heterocycles. The predicted molar refractivity (Wildman–Crippen MR) is 68.9 cm³/mol. The van der Waals surface area contributed by atoms with Crippen LogP contribution in [0.5, 0.6) is 0 Å². The van der Waals surface area contributed by atoms with Crippen molar-refractivity contribution in [1.82, 2.24) is 15.2 Å². The number of hydrogen-bond acceptors (Lipinski definition) is 4. The molecule has 4 heteroatoms. The van der Waals surface area contributed by atoms with E-state index in [4.69, 9.17) is 0 Å². The average Bonchev–Trinajstić information content (AvgIpc) is 2.77. The molecule has 0 aliphatic carbocycles. The fourth-order valence-electron chi connectivity index (χ4n) is 2.32. The van der Waals surface area contributed by atoms with Gasteiger partial charge in [-0.15, -0.1) is 11.3 Å². The molecular formula is C12H21N3S. The van der Waals surface area contributed by atoms with E-state index in [1.807, 2.05) is 5.51 Å². The van der Waals surface area contributed by atoms with Gasteiger partial charge in [-0.3, -0.25) is 0 Å². The summed E-state index contributed by atoms with van der Waals surface area (Å²) >= 11 is 1.68. The summed E-state index contributed by atoms with van der Waals surface area (Å²) in [5, 5.41) is 5.69. The summed E-state index contributed by atoms with van der Waals surface area (Å²) < 4.78 is 0. The summed E-state index contributed by atoms with van der Waals surface area (Å²) in [6.45, 7) is 4.75. The molecule has 2 rings (SSSR count). The van der Waals surface area contributed by atoms with Crippen molar-refractivity contribution in [2.24, 2.45) is 5.92 Å². The number of hydrogen-bond donors (Lipinski definition) is 1. The van der Waals surface area contributed by atoms with E-state index in [0.29, 0.717) is 0 Å². The molecule has 1 atom stereocenters. The number of nitrogens with one attached hydrogen (secondary N) is 1. The van der Waals surface area contributed by atoms with Gasteiger partial charge in [0.05, 0.1) is 11.2 Å². The third-order valence-corrected chi connectivity index (χ3v) is 3.83. The van der Waals surface area contributed by atoms with Gasteiger partial charge in [0.15, 0.2) is 0 Å². The second-order valence-electron chi connectivity index (χ2n) is 4.70. The van der Waals surface area contributed by atoms with Crippen LogP contribution in [0.4, 0.5) is 0 Å². The van der Waals surface area contributed by atoms with Crippen molar-refractivity contribution >= 4 is 11.3 Å². The highest BCUT2D eigenvalue weighted by atomic mass is 32.1. The highest BCUT2D eigenvalue weighted by Crippen LogP contribution is 2.13. The van der Waals surface area contributed by atoms with E-state index in [2.05, 4.69) is 27.6 Å². The highest BCUT2D eigenvalue weighted by molar-refractivity contribution is 7.07. The molecule has 0 spiro atoms. The molecule has 1 N–H and O–H groups in total. The van der Waals surface area contributed by atoms with Crippen LogP contribution in [-0.2, 0) is 6.42 Å². The quantitative estimate of drug-likeness (QED) is 0.791. The van der Waals surface area contributed by atoms with Crippen LogP contribution in [0.3, 0.4) is 0 Å². The Bertz CT molecular complexity index is 286. The molecule has 16 heavy (non-hydrogen) atoms. The fraction of sp³-hybridized carbons (Fsp3) is 0.750. The molecule has 0 amide bonds. The number of likely N-dealkylation sites (tertiary alicyclic amines) is 1. The van der Waals surface area contributed by atoms with Gasteiger partial charge in [-0.05, 0) is 38.9 Å². The number of rotatable bonds is 5. The molecule has 1 saturated heterocycles. The van der Waals surface area contributed by atoms with E-state index in [1.165, 1.54) is 31.6 Å². The molecular weight excluding hydrogens is 218 g/mol. The van der Waals surface area contributed by atoms with E-state index in [9.17, 15) is 0 Å². The van der Waals surface area contributed by atoms with Crippen molar-refractivity contribution in [1.29, 1.82) is 0 Å². The minimum atomic E-state index is 0.842. The van der Waals surface area contributed by atoms with Crippen LogP contribution in [0.15, 0.2) is 10.9 Å². The van der Waals surface area contributed by atoms with Crippen LogP contribution < -0.4 is 5.32 Å². The second kappa shape index (κ2) is 6.33. The van der Waals surface area contributed by atoms with Gasteiger partial charge in [0.2, 0.25) is 0 Å². The average molecular weight is 239 g/mol. The van der Waals surface area contributed by atoms with Gasteiger partial charge in [0.25, 0.3) is 0 Å². The standard InChI is InChI=1S/C12H21N3S/c1-15-6-2-3-11(8-15)7-13-5-4-12-9-16-10-14-12/h9-11,13H,2-8H2,1H3. The maximum absolute atomic E-state index is 4.28. The van der Waals surface area contributed by atoms with Crippen LogP contribution in [0.1, 0.15) is 18.5 Å². The Morgan fingerprint density at radius 1 is 1.62 bits per heavy atom. The first-order valence-electron chi connectivity index (χ1n) is 6.11. The zero-order valence-corrected chi connectivity index (χ0v) is 10.8. The molecule has 3 nitrogen and oxygen atoms in total. The molecule has 1 aliphatic heterocycles. The van der Waals surface area contributed by atoms with E-state index in [0.717, 1.165) is 25.4 Å². The Balaban J connectivity index is 1.57. The molecule has 0 bridgehead atoms. The van der Waals surface area contributed by atoms with E-state index >= 15 is 0 Å². The summed E-state index contributed by atoms with van der Waals surface area (Å²) in [5.74, 6) is 0.842. The molecule has 0 aromatic carbocycles. The lowest BCUT2D eigenvalue weighted by Gasteiger charge is -2.29. The maximum Gasteiger partial charge on any atom is 0.0794 e. The molecule has 90 valence electrons. The molecule has 0 radical (unpaired) electrons. The predicted octanol–water partition coefficient (Wildman–Crippen LogP) is 1.62. The Hall–Kier alpha value is -0.450. The lowest BCUT2D eigenvalue weighted by atomic mass is 9.98. The first-order chi connectivity index (χ1) is 7.84. The summed E-state index contributed by atoms with van der Waals surface area (Å²) in [5.41, 5.74) is 3.13. The summed E-state index contributed by atoms with van der Waals surface area (Å²) in [6, 6.07) is 0. The lowest BCUT2D eigenvalue weighted by Crippen LogP contribution is -2.37. The van der Waals surface area contributed by atoms with Crippen LogP contribution in [0.2, 0.25) is 0 Å². The zero-order valence-electron chi connectivity index (χ0n) is 9.98. The Kier molecular flexibility index (Phi) is 4.75. The van der Waals surface area contributed by atoms with Gasteiger partial charge in [-0.2, -0.15) is 0 Å². The lowest BCUT2D eigenvalue weighted by molar-refractivity contribution is 0.206.